The average Bonchev–Trinajstić information content (AvgIpc) is 2.73. The summed E-state index contributed by atoms with van der Waals surface area (Å²) in [4.78, 5) is 10.1. The molecular formula is C18H10F6N5O2S-. The maximum absolute atomic E-state index is 12.9. The topological polar surface area (TPSA) is 103 Å². The van der Waals surface area contributed by atoms with Gasteiger partial charge in [-0.25, -0.2) is 9.97 Å². The first-order chi connectivity index (χ1) is 14.9. The number of rotatable bonds is 5. The fourth-order valence-corrected chi connectivity index (χ4v) is 2.95. The third-order valence-electron chi connectivity index (χ3n) is 3.91. The highest BCUT2D eigenvalue weighted by Gasteiger charge is 2.33. The molecule has 3 aromatic rings. The Bertz CT molecular complexity index is 1180. The number of benzene rings is 1. The van der Waals surface area contributed by atoms with Gasteiger partial charge in [-0.05, 0) is 34.8 Å². The number of pyridine rings is 1. The van der Waals surface area contributed by atoms with Gasteiger partial charge >= 0.3 is 12.4 Å². The number of anilines is 1. The lowest BCUT2D eigenvalue weighted by atomic mass is 10.0. The number of aromatic nitrogens is 3. The molecule has 2 heterocycles. The molecule has 0 aliphatic carbocycles. The van der Waals surface area contributed by atoms with Crippen molar-refractivity contribution in [1.29, 1.82) is 0 Å². The molecule has 14 heteroatoms. The van der Waals surface area contributed by atoms with Crippen LogP contribution in [0.3, 0.4) is 0 Å². The molecule has 0 aliphatic heterocycles. The van der Waals surface area contributed by atoms with E-state index in [1.54, 1.807) is 0 Å². The molecule has 0 amide bonds. The van der Waals surface area contributed by atoms with Gasteiger partial charge in [0.05, 0.1) is 22.4 Å². The number of hydrazone groups is 1. The summed E-state index contributed by atoms with van der Waals surface area (Å²) in [7, 11) is 0. The van der Waals surface area contributed by atoms with Crippen LogP contribution in [0.4, 0.5) is 32.2 Å². The second kappa shape index (κ2) is 9.00. The Hall–Kier alpha value is -3.39. The van der Waals surface area contributed by atoms with Crippen LogP contribution in [0.1, 0.15) is 17.0 Å². The number of nitrogens with zero attached hydrogens (tertiary/aromatic N) is 4. The standard InChI is InChI=1S/C18H11F6N5O2S/c19-17(20,21)12-3-1-2-10(4-12)11-5-14(32(30)31)13(25-7-11)8-28-29-16-6-15(18(22,23)24)26-9-27-16/h1-9H,(H,30,31)(H,26,27,29)/p-1. The van der Waals surface area contributed by atoms with E-state index in [1.807, 2.05) is 0 Å². The number of halogens is 6. The zero-order chi connectivity index (χ0) is 23.5. The Kier molecular flexibility index (Phi) is 6.55. The molecule has 168 valence electrons. The van der Waals surface area contributed by atoms with Gasteiger partial charge in [-0.15, -0.1) is 0 Å². The van der Waals surface area contributed by atoms with Gasteiger partial charge in [0.25, 0.3) is 0 Å². The monoisotopic (exact) mass is 474 g/mol. The molecule has 1 N–H and O–H groups in total. The fraction of sp³-hybridized carbons (Fsp3) is 0.111. The van der Waals surface area contributed by atoms with Crippen molar-refractivity contribution in [2.24, 2.45) is 5.10 Å². The first kappa shape index (κ1) is 23.3. The van der Waals surface area contributed by atoms with Crippen LogP contribution in [-0.2, 0) is 23.4 Å². The van der Waals surface area contributed by atoms with Crippen LogP contribution >= 0.6 is 0 Å². The van der Waals surface area contributed by atoms with Crippen LogP contribution in [0.25, 0.3) is 11.1 Å². The first-order valence-corrected chi connectivity index (χ1v) is 9.48. The van der Waals surface area contributed by atoms with E-state index in [2.05, 4.69) is 25.5 Å². The van der Waals surface area contributed by atoms with Crippen molar-refractivity contribution in [1.82, 2.24) is 15.0 Å². The highest BCUT2D eigenvalue weighted by Crippen LogP contribution is 2.32. The third kappa shape index (κ3) is 5.64. The normalized spacial score (nSPS) is 13.3. The summed E-state index contributed by atoms with van der Waals surface area (Å²) in [5.41, 5.74) is 0.0480. The highest BCUT2D eigenvalue weighted by atomic mass is 32.2. The minimum atomic E-state index is -4.70. The molecule has 0 saturated heterocycles. The van der Waals surface area contributed by atoms with Crippen molar-refractivity contribution in [3.05, 3.63) is 65.9 Å². The summed E-state index contributed by atoms with van der Waals surface area (Å²) in [6.45, 7) is 0. The molecule has 0 bridgehead atoms. The molecule has 3 rings (SSSR count). The van der Waals surface area contributed by atoms with E-state index in [9.17, 15) is 35.1 Å². The lowest BCUT2D eigenvalue weighted by molar-refractivity contribution is -0.141. The van der Waals surface area contributed by atoms with Crippen LogP contribution in [0.2, 0.25) is 0 Å². The third-order valence-corrected chi connectivity index (χ3v) is 4.59. The van der Waals surface area contributed by atoms with E-state index in [1.165, 1.54) is 12.1 Å². The van der Waals surface area contributed by atoms with E-state index in [-0.39, 0.29) is 27.5 Å². The number of hydrogen-bond acceptors (Lipinski definition) is 7. The van der Waals surface area contributed by atoms with E-state index >= 15 is 0 Å². The second-order valence-electron chi connectivity index (χ2n) is 6.08. The van der Waals surface area contributed by atoms with Gasteiger partial charge in [0.1, 0.15) is 17.8 Å². The van der Waals surface area contributed by atoms with Crippen LogP contribution in [0.15, 0.2) is 58.9 Å². The van der Waals surface area contributed by atoms with Gasteiger partial charge in [0.15, 0.2) is 0 Å². The molecule has 0 spiro atoms. The molecular weight excluding hydrogens is 464 g/mol. The molecule has 1 unspecified atom stereocenters. The van der Waals surface area contributed by atoms with E-state index in [0.29, 0.717) is 12.4 Å². The summed E-state index contributed by atoms with van der Waals surface area (Å²) < 4.78 is 99.9. The lowest BCUT2D eigenvalue weighted by Crippen LogP contribution is -2.09. The Morgan fingerprint density at radius 1 is 0.969 bits per heavy atom. The number of nitrogens with one attached hydrogen (secondary N) is 1. The lowest BCUT2D eigenvalue weighted by Gasteiger charge is -2.12. The van der Waals surface area contributed by atoms with E-state index < -0.39 is 34.7 Å². The number of alkyl halides is 6. The smallest absolute Gasteiger partial charge is 0.433 e. The van der Waals surface area contributed by atoms with E-state index in [4.69, 9.17) is 0 Å². The average molecular weight is 474 g/mol. The molecule has 2 aromatic heterocycles. The van der Waals surface area contributed by atoms with Gasteiger partial charge in [0.2, 0.25) is 0 Å². The van der Waals surface area contributed by atoms with Crippen molar-refractivity contribution in [3.63, 3.8) is 0 Å². The molecule has 0 radical (unpaired) electrons. The van der Waals surface area contributed by atoms with Crippen molar-refractivity contribution in [3.8, 4) is 11.1 Å². The molecule has 0 saturated carbocycles. The summed E-state index contributed by atoms with van der Waals surface area (Å²) in [6, 6.07) is 5.92. The Labute approximate surface area is 178 Å². The van der Waals surface area contributed by atoms with Gasteiger partial charge in [-0.2, -0.15) is 31.4 Å². The zero-order valence-corrected chi connectivity index (χ0v) is 16.3. The summed E-state index contributed by atoms with van der Waals surface area (Å²) in [5.74, 6) is -0.311. The molecule has 1 atom stereocenters. The van der Waals surface area contributed by atoms with Gasteiger partial charge in [-0.3, -0.25) is 14.6 Å². The molecule has 1 aromatic carbocycles. The maximum Gasteiger partial charge on any atom is 0.433 e. The molecule has 7 nitrogen and oxygen atoms in total. The predicted octanol–water partition coefficient (Wildman–Crippen LogP) is 4.26. The molecule has 0 aliphatic rings. The van der Waals surface area contributed by atoms with Crippen LogP contribution in [0, 0.1) is 0 Å². The maximum atomic E-state index is 12.9. The summed E-state index contributed by atoms with van der Waals surface area (Å²) >= 11 is -2.84. The summed E-state index contributed by atoms with van der Waals surface area (Å²) in [5, 5.41) is 3.61. The van der Waals surface area contributed by atoms with Crippen molar-refractivity contribution < 1.29 is 35.1 Å². The van der Waals surface area contributed by atoms with Gasteiger partial charge < -0.3 is 4.55 Å². The minimum Gasteiger partial charge on any atom is -0.768 e. The SMILES string of the molecule is O=S([O-])c1cc(-c2cccc(C(F)(F)F)c2)cnc1C=NNc1cc(C(F)(F)F)ncn1. The summed E-state index contributed by atoms with van der Waals surface area (Å²) in [6.07, 6.45) is -6.56. The van der Waals surface area contributed by atoms with Gasteiger partial charge in [0, 0.05) is 17.8 Å². The van der Waals surface area contributed by atoms with Crippen molar-refractivity contribution >= 4 is 23.1 Å². The Morgan fingerprint density at radius 3 is 2.38 bits per heavy atom. The molecule has 0 fully saturated rings. The molecule has 32 heavy (non-hydrogen) atoms. The van der Waals surface area contributed by atoms with Crippen molar-refractivity contribution in [2.75, 3.05) is 5.43 Å². The zero-order valence-electron chi connectivity index (χ0n) is 15.5. The largest absolute Gasteiger partial charge is 0.768 e. The van der Waals surface area contributed by atoms with Crippen molar-refractivity contribution in [2.45, 2.75) is 17.2 Å². The first-order valence-electron chi connectivity index (χ1n) is 8.40. The minimum absolute atomic E-state index is 0.0845. The number of hydrogen-bond donors (Lipinski definition) is 1. The Balaban J connectivity index is 1.87. The fourth-order valence-electron chi connectivity index (χ4n) is 2.45. The highest BCUT2D eigenvalue weighted by molar-refractivity contribution is 7.79. The Morgan fingerprint density at radius 2 is 1.72 bits per heavy atom. The van der Waals surface area contributed by atoms with Crippen LogP contribution in [0.5, 0.6) is 0 Å². The van der Waals surface area contributed by atoms with Crippen LogP contribution in [-0.4, -0.2) is 29.9 Å². The second-order valence-corrected chi connectivity index (χ2v) is 6.99. The predicted molar refractivity (Wildman–Crippen MR) is 100 cm³/mol. The van der Waals surface area contributed by atoms with E-state index in [0.717, 1.165) is 30.6 Å². The van der Waals surface area contributed by atoms with Gasteiger partial charge in [-0.1, -0.05) is 12.1 Å². The quantitative estimate of drug-likeness (QED) is 0.257. The van der Waals surface area contributed by atoms with Crippen LogP contribution < -0.4 is 5.43 Å².